The molecule has 0 fully saturated rings. The molecule has 0 bridgehead atoms. The molecule has 0 spiro atoms. The molecule has 1 amide bonds. The van der Waals surface area contributed by atoms with E-state index in [-0.39, 0.29) is 17.1 Å². The molecule has 0 atom stereocenters. The minimum atomic E-state index is -0.234. The van der Waals surface area contributed by atoms with Gasteiger partial charge in [-0.05, 0) is 117 Å². The fraction of sp³-hybridized carbons (Fsp3) is 0.297. The van der Waals surface area contributed by atoms with Gasteiger partial charge in [0.15, 0.2) is 5.78 Å². The van der Waals surface area contributed by atoms with Gasteiger partial charge in [-0.25, -0.2) is 0 Å². The van der Waals surface area contributed by atoms with Crippen molar-refractivity contribution in [1.29, 1.82) is 0 Å². The standard InChI is InChI=1S/C37H42N2O4/c1-27(40)28-9-17-32(18-10-28)42-34-21-13-30(14-22-34)37(2,3)31-15-23-35(24-16-31)43-33-19-11-29(12-20-33)36(41)39-26-8-6-5-7-25-38-4/h9-24,38H,5-8,25-26H2,1-4H3,(H,39,41). The van der Waals surface area contributed by atoms with Gasteiger partial charge >= 0.3 is 0 Å². The van der Waals surface area contributed by atoms with Crippen LogP contribution in [0.4, 0.5) is 0 Å². The number of carbonyl (C=O) groups excluding carboxylic acids is 2. The lowest BCUT2D eigenvalue weighted by molar-refractivity contribution is 0.0951. The zero-order chi connectivity index (χ0) is 30.7. The average Bonchev–Trinajstić information content (AvgIpc) is 3.02. The second kappa shape index (κ2) is 15.2. The maximum absolute atomic E-state index is 12.5. The lowest BCUT2D eigenvalue weighted by Crippen LogP contribution is -2.24. The molecule has 0 heterocycles. The molecule has 0 aliphatic heterocycles. The van der Waals surface area contributed by atoms with Crippen molar-refractivity contribution in [3.63, 3.8) is 0 Å². The van der Waals surface area contributed by atoms with Crippen molar-refractivity contribution in [3.8, 4) is 23.0 Å². The molecule has 0 saturated heterocycles. The number of nitrogens with one attached hydrogen (secondary N) is 2. The normalized spacial score (nSPS) is 11.2. The van der Waals surface area contributed by atoms with Crippen LogP contribution >= 0.6 is 0 Å². The number of amides is 1. The van der Waals surface area contributed by atoms with Gasteiger partial charge in [-0.3, -0.25) is 9.59 Å². The maximum Gasteiger partial charge on any atom is 0.251 e. The lowest BCUT2D eigenvalue weighted by Gasteiger charge is -2.26. The molecular weight excluding hydrogens is 536 g/mol. The van der Waals surface area contributed by atoms with Crippen LogP contribution in [0.5, 0.6) is 23.0 Å². The maximum atomic E-state index is 12.5. The van der Waals surface area contributed by atoms with Crippen LogP contribution in [-0.4, -0.2) is 31.8 Å². The third-order valence-corrected chi connectivity index (χ3v) is 7.64. The van der Waals surface area contributed by atoms with Crippen LogP contribution < -0.4 is 20.1 Å². The summed E-state index contributed by atoms with van der Waals surface area (Å²) in [7, 11) is 1.97. The molecule has 0 aliphatic rings. The van der Waals surface area contributed by atoms with Crippen LogP contribution in [0.25, 0.3) is 0 Å². The van der Waals surface area contributed by atoms with E-state index < -0.39 is 0 Å². The summed E-state index contributed by atoms with van der Waals surface area (Å²) in [5, 5.41) is 6.15. The zero-order valence-electron chi connectivity index (χ0n) is 25.6. The molecular formula is C37H42N2O4. The SMILES string of the molecule is CNCCCCCCNC(=O)c1ccc(Oc2ccc(C(C)(C)c3ccc(Oc4ccc(C(C)=O)cc4)cc3)cc2)cc1. The monoisotopic (exact) mass is 578 g/mol. The Morgan fingerprint density at radius 1 is 0.581 bits per heavy atom. The van der Waals surface area contributed by atoms with Crippen LogP contribution in [0.15, 0.2) is 97.1 Å². The van der Waals surface area contributed by atoms with Gasteiger partial charge in [0, 0.05) is 23.1 Å². The number of ether oxygens (including phenoxy) is 2. The summed E-state index contributed by atoms with van der Waals surface area (Å²) >= 11 is 0. The Morgan fingerprint density at radius 2 is 0.977 bits per heavy atom. The summed E-state index contributed by atoms with van der Waals surface area (Å²) < 4.78 is 12.0. The van der Waals surface area contributed by atoms with Crippen molar-refractivity contribution >= 4 is 11.7 Å². The van der Waals surface area contributed by atoms with Gasteiger partial charge in [-0.15, -0.1) is 0 Å². The van der Waals surface area contributed by atoms with Crippen molar-refractivity contribution in [2.45, 2.75) is 51.9 Å². The fourth-order valence-electron chi connectivity index (χ4n) is 4.83. The molecule has 4 rings (SSSR count). The average molecular weight is 579 g/mol. The topological polar surface area (TPSA) is 76.7 Å². The van der Waals surface area contributed by atoms with E-state index in [0.29, 0.717) is 29.2 Å². The molecule has 4 aromatic rings. The Hall–Kier alpha value is -4.42. The molecule has 224 valence electrons. The summed E-state index contributed by atoms with van der Waals surface area (Å²) in [6, 6.07) is 30.6. The third-order valence-electron chi connectivity index (χ3n) is 7.64. The van der Waals surface area contributed by atoms with Crippen molar-refractivity contribution in [2.75, 3.05) is 20.1 Å². The summed E-state index contributed by atoms with van der Waals surface area (Å²) in [6.07, 6.45) is 4.44. The summed E-state index contributed by atoms with van der Waals surface area (Å²) in [4.78, 5) is 23.9. The highest BCUT2D eigenvalue weighted by Gasteiger charge is 2.23. The molecule has 4 aromatic carbocycles. The van der Waals surface area contributed by atoms with Crippen molar-refractivity contribution in [3.05, 3.63) is 119 Å². The molecule has 0 radical (unpaired) electrons. The number of unbranched alkanes of at least 4 members (excludes halogenated alkanes) is 3. The first-order valence-electron chi connectivity index (χ1n) is 15.0. The van der Waals surface area contributed by atoms with Gasteiger partial charge in [0.05, 0.1) is 0 Å². The molecule has 0 aromatic heterocycles. The van der Waals surface area contributed by atoms with E-state index >= 15 is 0 Å². The Balaban J connectivity index is 1.29. The smallest absolute Gasteiger partial charge is 0.251 e. The fourth-order valence-corrected chi connectivity index (χ4v) is 4.83. The van der Waals surface area contributed by atoms with Gasteiger partial charge in [-0.2, -0.15) is 0 Å². The molecule has 0 aliphatic carbocycles. The first-order chi connectivity index (χ1) is 20.8. The number of ketones is 1. The van der Waals surface area contributed by atoms with Gasteiger partial charge in [-0.1, -0.05) is 51.0 Å². The second-order valence-electron chi connectivity index (χ2n) is 11.3. The molecule has 43 heavy (non-hydrogen) atoms. The second-order valence-corrected chi connectivity index (χ2v) is 11.3. The van der Waals surface area contributed by atoms with Gasteiger partial charge in [0.25, 0.3) is 5.91 Å². The highest BCUT2D eigenvalue weighted by atomic mass is 16.5. The lowest BCUT2D eigenvalue weighted by atomic mass is 9.78. The summed E-state index contributed by atoms with van der Waals surface area (Å²) in [5.74, 6) is 2.81. The predicted molar refractivity (Wildman–Crippen MR) is 173 cm³/mol. The van der Waals surface area contributed by atoms with Crippen molar-refractivity contribution < 1.29 is 19.1 Å². The van der Waals surface area contributed by atoms with Crippen LogP contribution in [-0.2, 0) is 5.41 Å². The predicted octanol–water partition coefficient (Wildman–Crippen LogP) is 8.31. The van der Waals surface area contributed by atoms with E-state index in [0.717, 1.165) is 48.4 Å². The van der Waals surface area contributed by atoms with Crippen LogP contribution in [0, 0.1) is 0 Å². The highest BCUT2D eigenvalue weighted by molar-refractivity contribution is 5.94. The van der Waals surface area contributed by atoms with Gasteiger partial charge in [0.1, 0.15) is 23.0 Å². The number of Topliss-reactive ketones (excluding diaryl/α,β-unsaturated/α-hetero) is 1. The number of carbonyl (C=O) groups is 2. The Kier molecular flexibility index (Phi) is 11.1. The minimum Gasteiger partial charge on any atom is -0.457 e. The highest BCUT2D eigenvalue weighted by Crippen LogP contribution is 2.34. The van der Waals surface area contributed by atoms with Gasteiger partial charge in [0.2, 0.25) is 0 Å². The summed E-state index contributed by atoms with van der Waals surface area (Å²) in [6.45, 7) is 7.65. The molecule has 0 saturated carbocycles. The van der Waals surface area contributed by atoms with E-state index in [1.807, 2.05) is 43.4 Å². The third kappa shape index (κ3) is 9.03. The molecule has 6 nitrogen and oxygen atoms in total. The Bertz CT molecular complexity index is 1460. The van der Waals surface area contributed by atoms with Gasteiger partial charge < -0.3 is 20.1 Å². The number of benzene rings is 4. The largest absolute Gasteiger partial charge is 0.457 e. The van der Waals surface area contributed by atoms with E-state index in [1.54, 1.807) is 43.3 Å². The Morgan fingerprint density at radius 3 is 1.40 bits per heavy atom. The first kappa shape index (κ1) is 31.5. The van der Waals surface area contributed by atoms with Crippen LogP contribution in [0.2, 0.25) is 0 Å². The van der Waals surface area contributed by atoms with Crippen molar-refractivity contribution in [2.24, 2.45) is 0 Å². The van der Waals surface area contributed by atoms with E-state index in [2.05, 4.69) is 48.7 Å². The molecule has 0 unspecified atom stereocenters. The number of hydrogen-bond donors (Lipinski definition) is 2. The quantitative estimate of drug-likeness (QED) is 0.110. The van der Waals surface area contributed by atoms with Crippen LogP contribution in [0.3, 0.4) is 0 Å². The van der Waals surface area contributed by atoms with Crippen LogP contribution in [0.1, 0.15) is 78.3 Å². The first-order valence-corrected chi connectivity index (χ1v) is 15.0. The van der Waals surface area contributed by atoms with E-state index in [4.69, 9.17) is 9.47 Å². The van der Waals surface area contributed by atoms with Crippen molar-refractivity contribution in [1.82, 2.24) is 10.6 Å². The van der Waals surface area contributed by atoms with E-state index in [1.165, 1.54) is 6.42 Å². The summed E-state index contributed by atoms with van der Waals surface area (Å²) in [5.41, 5.74) is 3.37. The number of hydrogen-bond acceptors (Lipinski definition) is 5. The Labute approximate surface area is 255 Å². The molecule has 6 heteroatoms. The zero-order valence-corrected chi connectivity index (χ0v) is 25.6. The van der Waals surface area contributed by atoms with E-state index in [9.17, 15) is 9.59 Å². The molecule has 2 N–H and O–H groups in total. The minimum absolute atomic E-state index is 0.0325. The number of rotatable bonds is 15.